The third-order valence-electron chi connectivity index (χ3n) is 3.65. The first kappa shape index (κ1) is 12.9. The summed E-state index contributed by atoms with van der Waals surface area (Å²) in [6, 6.07) is 5.94. The second-order valence-corrected chi connectivity index (χ2v) is 4.95. The molecule has 98 valence electrons. The van der Waals surface area contributed by atoms with Crippen molar-refractivity contribution in [1.82, 2.24) is 0 Å². The Morgan fingerprint density at radius 3 is 2.67 bits per heavy atom. The fourth-order valence-corrected chi connectivity index (χ4v) is 2.39. The zero-order valence-electron chi connectivity index (χ0n) is 11.0. The highest BCUT2D eigenvalue weighted by atomic mass is 16.6. The number of nitrogens with one attached hydrogen (secondary N) is 1. The van der Waals surface area contributed by atoms with Crippen molar-refractivity contribution in [2.75, 3.05) is 5.32 Å². The summed E-state index contributed by atoms with van der Waals surface area (Å²) in [5.74, 6) is 0.750. The van der Waals surface area contributed by atoms with E-state index < -0.39 is 0 Å². The number of hydrogen-bond donors (Lipinski definition) is 1. The van der Waals surface area contributed by atoms with Gasteiger partial charge in [-0.2, -0.15) is 0 Å². The molecule has 1 N–H and O–H groups in total. The molecule has 1 aromatic carbocycles. The summed E-state index contributed by atoms with van der Waals surface area (Å²) in [6.45, 7) is 4.10. The molecular weight excluding hydrogens is 228 g/mol. The largest absolute Gasteiger partial charge is 0.382 e. The molecule has 1 atom stereocenters. The smallest absolute Gasteiger partial charge is 0.274 e. The predicted octanol–water partition coefficient (Wildman–Crippen LogP) is 3.76. The molecule has 0 amide bonds. The Hall–Kier alpha value is -1.58. The van der Waals surface area contributed by atoms with Crippen molar-refractivity contribution in [3.8, 4) is 0 Å². The molecule has 1 aromatic rings. The van der Waals surface area contributed by atoms with Crippen LogP contribution in [0.2, 0.25) is 0 Å². The van der Waals surface area contributed by atoms with E-state index in [9.17, 15) is 10.1 Å². The van der Waals surface area contributed by atoms with Crippen LogP contribution in [0.3, 0.4) is 0 Å². The highest BCUT2D eigenvalue weighted by molar-refractivity contribution is 5.55. The van der Waals surface area contributed by atoms with Crippen LogP contribution in [0, 0.1) is 16.0 Å². The molecule has 2 rings (SSSR count). The van der Waals surface area contributed by atoms with Gasteiger partial charge in [0.1, 0.15) is 0 Å². The van der Waals surface area contributed by atoms with Gasteiger partial charge in [0.2, 0.25) is 0 Å². The number of hydrogen-bond acceptors (Lipinski definition) is 3. The maximum Gasteiger partial charge on any atom is 0.274 e. The zero-order chi connectivity index (χ0) is 13.1. The van der Waals surface area contributed by atoms with E-state index in [0.717, 1.165) is 23.6 Å². The summed E-state index contributed by atoms with van der Waals surface area (Å²) in [7, 11) is 0. The molecule has 0 spiro atoms. The predicted molar refractivity (Wildman–Crippen MR) is 72.9 cm³/mol. The molecule has 0 saturated heterocycles. The van der Waals surface area contributed by atoms with Crippen molar-refractivity contribution < 1.29 is 4.92 Å². The molecule has 1 saturated carbocycles. The molecule has 18 heavy (non-hydrogen) atoms. The minimum absolute atomic E-state index is 0.230. The van der Waals surface area contributed by atoms with Gasteiger partial charge in [-0.05, 0) is 37.7 Å². The molecule has 0 radical (unpaired) electrons. The van der Waals surface area contributed by atoms with Crippen molar-refractivity contribution in [2.45, 2.75) is 45.6 Å². The quantitative estimate of drug-likeness (QED) is 0.616. The Kier molecular flexibility index (Phi) is 3.84. The highest BCUT2D eigenvalue weighted by Gasteiger charge is 2.30. The van der Waals surface area contributed by atoms with Gasteiger partial charge in [0.05, 0.1) is 4.92 Å². The first-order chi connectivity index (χ1) is 8.65. The summed E-state index contributed by atoms with van der Waals surface area (Å²) in [4.78, 5) is 10.7. The molecule has 0 heterocycles. The fourth-order valence-electron chi connectivity index (χ4n) is 2.39. The lowest BCUT2D eigenvalue weighted by atomic mass is 10.1. The van der Waals surface area contributed by atoms with Gasteiger partial charge in [-0.15, -0.1) is 0 Å². The lowest BCUT2D eigenvalue weighted by molar-refractivity contribution is -0.385. The lowest BCUT2D eigenvalue weighted by Gasteiger charge is -2.17. The zero-order valence-corrected chi connectivity index (χ0v) is 11.0. The molecule has 4 nitrogen and oxygen atoms in total. The van der Waals surface area contributed by atoms with Crippen molar-refractivity contribution in [3.05, 3.63) is 33.9 Å². The van der Waals surface area contributed by atoms with Gasteiger partial charge in [0.15, 0.2) is 0 Å². The number of benzene rings is 1. The van der Waals surface area contributed by atoms with E-state index in [0.29, 0.717) is 12.5 Å². The van der Waals surface area contributed by atoms with Crippen molar-refractivity contribution >= 4 is 11.4 Å². The lowest BCUT2D eigenvalue weighted by Crippen LogP contribution is -2.20. The summed E-state index contributed by atoms with van der Waals surface area (Å²) in [5, 5.41) is 14.4. The number of nitrogens with zero attached hydrogens (tertiary/aromatic N) is 1. The standard InChI is InChI=1S/C14H20N2O2/c1-3-10-7-8-12(9-14(10)16(17)18)15-13(4-2)11-5-6-11/h7-9,11,13,15H,3-6H2,1-2H3. The first-order valence-corrected chi connectivity index (χ1v) is 6.69. The van der Waals surface area contributed by atoms with Crippen LogP contribution in [0.1, 0.15) is 38.7 Å². The van der Waals surface area contributed by atoms with Gasteiger partial charge in [0.25, 0.3) is 5.69 Å². The van der Waals surface area contributed by atoms with Crippen LogP contribution in [0.4, 0.5) is 11.4 Å². The first-order valence-electron chi connectivity index (χ1n) is 6.69. The Morgan fingerprint density at radius 1 is 1.44 bits per heavy atom. The van der Waals surface area contributed by atoms with Gasteiger partial charge in [-0.3, -0.25) is 10.1 Å². The van der Waals surface area contributed by atoms with E-state index in [1.165, 1.54) is 12.8 Å². The molecule has 0 aromatic heterocycles. The highest BCUT2D eigenvalue weighted by Crippen LogP contribution is 2.36. The van der Waals surface area contributed by atoms with E-state index in [1.54, 1.807) is 6.07 Å². The molecule has 4 heteroatoms. The van der Waals surface area contributed by atoms with Crippen LogP contribution in [-0.2, 0) is 6.42 Å². The maximum atomic E-state index is 11.0. The van der Waals surface area contributed by atoms with Crippen LogP contribution >= 0.6 is 0 Å². The normalized spacial score (nSPS) is 16.3. The van der Waals surface area contributed by atoms with E-state index in [1.807, 2.05) is 19.1 Å². The number of nitro benzene ring substituents is 1. The van der Waals surface area contributed by atoms with Gasteiger partial charge in [0, 0.05) is 23.4 Å². The Labute approximate surface area is 108 Å². The molecule has 1 aliphatic carbocycles. The molecule has 0 bridgehead atoms. The van der Waals surface area contributed by atoms with Crippen LogP contribution in [-0.4, -0.2) is 11.0 Å². The second kappa shape index (κ2) is 5.38. The third-order valence-corrected chi connectivity index (χ3v) is 3.65. The number of rotatable bonds is 6. The van der Waals surface area contributed by atoms with Gasteiger partial charge < -0.3 is 5.32 Å². The van der Waals surface area contributed by atoms with Crippen molar-refractivity contribution in [1.29, 1.82) is 0 Å². The molecule has 0 aliphatic heterocycles. The minimum Gasteiger partial charge on any atom is -0.382 e. The number of nitro groups is 1. The number of aryl methyl sites for hydroxylation is 1. The average molecular weight is 248 g/mol. The summed E-state index contributed by atoms with van der Waals surface area (Å²) < 4.78 is 0. The molecular formula is C14H20N2O2. The van der Waals surface area contributed by atoms with E-state index in [-0.39, 0.29) is 10.6 Å². The average Bonchev–Trinajstić information content (AvgIpc) is 3.19. The Morgan fingerprint density at radius 2 is 2.17 bits per heavy atom. The molecule has 1 aliphatic rings. The Bertz CT molecular complexity index is 441. The van der Waals surface area contributed by atoms with Gasteiger partial charge in [-0.25, -0.2) is 0 Å². The van der Waals surface area contributed by atoms with E-state index in [2.05, 4.69) is 12.2 Å². The minimum atomic E-state index is -0.290. The van der Waals surface area contributed by atoms with Crippen molar-refractivity contribution in [3.63, 3.8) is 0 Å². The van der Waals surface area contributed by atoms with Crippen LogP contribution < -0.4 is 5.32 Å². The van der Waals surface area contributed by atoms with Crippen LogP contribution in [0.25, 0.3) is 0 Å². The maximum absolute atomic E-state index is 11.0. The SMILES string of the molecule is CCc1ccc(NC(CC)C2CC2)cc1[N+](=O)[O-]. The van der Waals surface area contributed by atoms with Crippen molar-refractivity contribution in [2.24, 2.45) is 5.92 Å². The monoisotopic (exact) mass is 248 g/mol. The molecule has 1 fully saturated rings. The Balaban J connectivity index is 2.17. The van der Waals surface area contributed by atoms with Gasteiger partial charge in [-0.1, -0.05) is 19.9 Å². The van der Waals surface area contributed by atoms with Crippen LogP contribution in [0.15, 0.2) is 18.2 Å². The summed E-state index contributed by atoms with van der Waals surface area (Å²) in [5.41, 5.74) is 1.90. The van der Waals surface area contributed by atoms with E-state index in [4.69, 9.17) is 0 Å². The third kappa shape index (κ3) is 2.81. The summed E-state index contributed by atoms with van der Waals surface area (Å²) in [6.07, 6.45) is 4.31. The van der Waals surface area contributed by atoms with Gasteiger partial charge >= 0.3 is 0 Å². The summed E-state index contributed by atoms with van der Waals surface area (Å²) >= 11 is 0. The second-order valence-electron chi connectivity index (χ2n) is 4.95. The van der Waals surface area contributed by atoms with E-state index >= 15 is 0 Å². The molecule has 1 unspecified atom stereocenters. The van der Waals surface area contributed by atoms with Crippen LogP contribution in [0.5, 0.6) is 0 Å². The fraction of sp³-hybridized carbons (Fsp3) is 0.571. The number of anilines is 1. The topological polar surface area (TPSA) is 55.2 Å².